The summed E-state index contributed by atoms with van der Waals surface area (Å²) >= 11 is 0. The van der Waals surface area contributed by atoms with E-state index in [1.807, 2.05) is 12.1 Å². The Kier molecular flexibility index (Phi) is 5.03. The molecule has 0 amide bonds. The van der Waals surface area contributed by atoms with Gasteiger partial charge in [0, 0.05) is 29.9 Å². The number of hydrogen-bond donors (Lipinski definition) is 1. The van der Waals surface area contributed by atoms with E-state index in [1.165, 1.54) is 12.8 Å². The van der Waals surface area contributed by atoms with Gasteiger partial charge in [-0.1, -0.05) is 19.9 Å². The Labute approximate surface area is 122 Å². The Morgan fingerprint density at radius 1 is 1.40 bits per heavy atom. The first-order chi connectivity index (χ1) is 9.52. The maximum absolute atomic E-state index is 14.2. The van der Waals surface area contributed by atoms with E-state index in [1.54, 1.807) is 6.07 Å². The molecular weight excluding hydrogens is 251 g/mol. The van der Waals surface area contributed by atoms with Crippen molar-refractivity contribution in [1.82, 2.24) is 0 Å². The minimum absolute atomic E-state index is 0.0321. The summed E-state index contributed by atoms with van der Waals surface area (Å²) in [6.45, 7) is 7.61. The van der Waals surface area contributed by atoms with Crippen LogP contribution in [0.2, 0.25) is 0 Å². The average molecular weight is 278 g/mol. The molecule has 1 aromatic carbocycles. The molecule has 3 unspecified atom stereocenters. The summed E-state index contributed by atoms with van der Waals surface area (Å²) in [6.07, 6.45) is 3.85. The topological polar surface area (TPSA) is 29.3 Å². The lowest BCUT2D eigenvalue weighted by atomic mass is 9.91. The second kappa shape index (κ2) is 6.57. The number of nitrogens with zero attached hydrogens (tertiary/aromatic N) is 1. The number of hydrogen-bond acceptors (Lipinski definition) is 2. The van der Waals surface area contributed by atoms with Crippen LogP contribution in [-0.2, 0) is 6.42 Å². The number of halogens is 1. The summed E-state index contributed by atoms with van der Waals surface area (Å²) < 4.78 is 14.2. The van der Waals surface area contributed by atoms with E-state index in [0.29, 0.717) is 12.5 Å². The molecule has 3 atom stereocenters. The number of piperidine rings is 1. The van der Waals surface area contributed by atoms with Crippen LogP contribution in [0.1, 0.15) is 45.6 Å². The zero-order valence-corrected chi connectivity index (χ0v) is 12.9. The minimum Gasteiger partial charge on any atom is -0.369 e. The molecule has 0 aliphatic carbocycles. The van der Waals surface area contributed by atoms with Gasteiger partial charge in [-0.15, -0.1) is 0 Å². The van der Waals surface area contributed by atoms with Crippen molar-refractivity contribution in [3.05, 3.63) is 29.6 Å². The molecule has 1 aliphatic rings. The summed E-state index contributed by atoms with van der Waals surface area (Å²) in [5.74, 6) is 0.647. The average Bonchev–Trinajstić information content (AvgIpc) is 2.41. The maximum atomic E-state index is 14.2. The molecule has 2 nitrogen and oxygen atoms in total. The highest BCUT2D eigenvalue weighted by molar-refractivity contribution is 5.55. The second-order valence-corrected chi connectivity index (χ2v) is 6.28. The molecule has 1 saturated heterocycles. The molecule has 0 saturated carbocycles. The molecule has 1 aliphatic heterocycles. The van der Waals surface area contributed by atoms with E-state index in [0.717, 1.165) is 30.1 Å². The molecule has 20 heavy (non-hydrogen) atoms. The van der Waals surface area contributed by atoms with Crippen LogP contribution in [0.25, 0.3) is 0 Å². The molecule has 1 heterocycles. The van der Waals surface area contributed by atoms with Gasteiger partial charge in [0.25, 0.3) is 0 Å². The predicted octanol–water partition coefficient (Wildman–Crippen LogP) is 3.73. The van der Waals surface area contributed by atoms with Gasteiger partial charge in [-0.05, 0) is 50.7 Å². The summed E-state index contributed by atoms with van der Waals surface area (Å²) in [6, 6.07) is 5.92. The molecule has 2 rings (SSSR count). The first-order valence-corrected chi connectivity index (χ1v) is 7.82. The number of nitrogens with two attached hydrogens (primary N) is 1. The molecule has 0 bridgehead atoms. The second-order valence-electron chi connectivity index (χ2n) is 6.28. The zero-order valence-electron chi connectivity index (χ0n) is 12.9. The van der Waals surface area contributed by atoms with Crippen molar-refractivity contribution in [3.8, 4) is 0 Å². The lowest BCUT2D eigenvalue weighted by molar-refractivity contribution is 0.376. The van der Waals surface area contributed by atoms with Gasteiger partial charge < -0.3 is 10.6 Å². The van der Waals surface area contributed by atoms with Crippen LogP contribution in [0.15, 0.2) is 18.2 Å². The van der Waals surface area contributed by atoms with Crippen LogP contribution in [0.5, 0.6) is 0 Å². The van der Waals surface area contributed by atoms with Crippen LogP contribution < -0.4 is 10.6 Å². The Morgan fingerprint density at radius 3 is 2.80 bits per heavy atom. The lowest BCUT2D eigenvalue weighted by Gasteiger charge is -2.39. The van der Waals surface area contributed by atoms with Crippen molar-refractivity contribution >= 4 is 5.69 Å². The molecule has 0 radical (unpaired) electrons. The fourth-order valence-corrected chi connectivity index (χ4v) is 3.19. The number of benzene rings is 1. The summed E-state index contributed by atoms with van der Waals surface area (Å²) in [7, 11) is 0. The summed E-state index contributed by atoms with van der Waals surface area (Å²) in [5.41, 5.74) is 7.89. The number of anilines is 1. The van der Waals surface area contributed by atoms with E-state index >= 15 is 0 Å². The third kappa shape index (κ3) is 3.32. The first-order valence-electron chi connectivity index (χ1n) is 7.82. The predicted molar refractivity (Wildman–Crippen MR) is 83.6 cm³/mol. The van der Waals surface area contributed by atoms with Gasteiger partial charge in [-0.2, -0.15) is 0 Å². The monoisotopic (exact) mass is 278 g/mol. The quantitative estimate of drug-likeness (QED) is 0.909. The maximum Gasteiger partial charge on any atom is 0.128 e. The van der Waals surface area contributed by atoms with Crippen molar-refractivity contribution in [3.63, 3.8) is 0 Å². The molecule has 0 aromatic heterocycles. The van der Waals surface area contributed by atoms with Crippen molar-refractivity contribution < 1.29 is 4.39 Å². The van der Waals surface area contributed by atoms with Crippen molar-refractivity contribution in [2.45, 2.75) is 58.5 Å². The largest absolute Gasteiger partial charge is 0.369 e. The van der Waals surface area contributed by atoms with Crippen LogP contribution >= 0.6 is 0 Å². The Hall–Kier alpha value is -1.09. The van der Waals surface area contributed by atoms with E-state index in [-0.39, 0.29) is 11.9 Å². The van der Waals surface area contributed by atoms with Gasteiger partial charge in [0.15, 0.2) is 0 Å². The molecule has 112 valence electrons. The van der Waals surface area contributed by atoms with E-state index in [2.05, 4.69) is 25.7 Å². The van der Waals surface area contributed by atoms with Crippen LogP contribution in [0, 0.1) is 11.7 Å². The normalized spacial score (nSPS) is 24.8. The molecule has 1 aromatic rings. The molecule has 1 fully saturated rings. The van der Waals surface area contributed by atoms with Crippen molar-refractivity contribution in [1.29, 1.82) is 0 Å². The van der Waals surface area contributed by atoms with Gasteiger partial charge in [0.05, 0.1) is 0 Å². The van der Waals surface area contributed by atoms with Crippen LogP contribution in [0.3, 0.4) is 0 Å². The van der Waals surface area contributed by atoms with Gasteiger partial charge in [0.2, 0.25) is 0 Å². The Balaban J connectivity index is 2.28. The van der Waals surface area contributed by atoms with Gasteiger partial charge in [-0.3, -0.25) is 0 Å². The van der Waals surface area contributed by atoms with Crippen LogP contribution in [0.4, 0.5) is 10.1 Å². The van der Waals surface area contributed by atoms with Crippen molar-refractivity contribution in [2.75, 3.05) is 11.4 Å². The summed E-state index contributed by atoms with van der Waals surface area (Å²) in [4.78, 5) is 2.36. The lowest BCUT2D eigenvalue weighted by Crippen LogP contribution is -2.41. The van der Waals surface area contributed by atoms with Crippen molar-refractivity contribution in [2.24, 2.45) is 11.7 Å². The smallest absolute Gasteiger partial charge is 0.128 e. The van der Waals surface area contributed by atoms with E-state index in [9.17, 15) is 4.39 Å². The van der Waals surface area contributed by atoms with E-state index < -0.39 is 0 Å². The van der Waals surface area contributed by atoms with Gasteiger partial charge in [0.1, 0.15) is 5.82 Å². The van der Waals surface area contributed by atoms with Gasteiger partial charge in [-0.25, -0.2) is 4.39 Å². The zero-order chi connectivity index (χ0) is 14.7. The highest BCUT2D eigenvalue weighted by atomic mass is 19.1. The van der Waals surface area contributed by atoms with Gasteiger partial charge >= 0.3 is 0 Å². The SMILES string of the molecule is CCC(N)Cc1c(F)cccc1N1CCC(C)CC1C. The fourth-order valence-electron chi connectivity index (χ4n) is 3.19. The van der Waals surface area contributed by atoms with E-state index in [4.69, 9.17) is 5.73 Å². The first kappa shape index (κ1) is 15.3. The highest BCUT2D eigenvalue weighted by Gasteiger charge is 2.25. The summed E-state index contributed by atoms with van der Waals surface area (Å²) in [5, 5.41) is 0. The Morgan fingerprint density at radius 2 is 2.15 bits per heavy atom. The Bertz CT molecular complexity index is 447. The van der Waals surface area contributed by atoms with Crippen LogP contribution in [-0.4, -0.2) is 18.6 Å². The number of rotatable bonds is 4. The standard InChI is InChI=1S/C17H27FN2/c1-4-14(19)11-15-16(18)6-5-7-17(15)20-9-8-12(2)10-13(20)3/h5-7,12-14H,4,8-11,19H2,1-3H3. The fraction of sp³-hybridized carbons (Fsp3) is 0.647. The minimum atomic E-state index is -0.114. The molecular formula is C17H27FN2. The molecule has 0 spiro atoms. The molecule has 3 heteroatoms. The third-order valence-electron chi connectivity index (χ3n) is 4.53. The highest BCUT2D eigenvalue weighted by Crippen LogP contribution is 2.32. The molecule has 2 N–H and O–H groups in total. The third-order valence-corrected chi connectivity index (χ3v) is 4.53.